The third-order valence-electron chi connectivity index (χ3n) is 3.56. The number of rotatable bonds is 7. The molecule has 1 aliphatic rings. The van der Waals surface area contributed by atoms with E-state index in [2.05, 4.69) is 24.5 Å². The van der Waals surface area contributed by atoms with E-state index in [-0.39, 0.29) is 0 Å². The Balaban J connectivity index is 2.03. The second-order valence-corrected chi connectivity index (χ2v) is 5.76. The van der Waals surface area contributed by atoms with Crippen LogP contribution in [0.15, 0.2) is 0 Å². The Bertz CT molecular complexity index is 212. The van der Waals surface area contributed by atoms with Crippen molar-refractivity contribution in [3.05, 3.63) is 0 Å². The molecule has 1 atom stereocenters. The molecular formula is C14H28N2S. The van der Waals surface area contributed by atoms with Crippen molar-refractivity contribution in [1.29, 1.82) is 0 Å². The number of nitrogens with one attached hydrogen (secondary N) is 2. The van der Waals surface area contributed by atoms with Crippen molar-refractivity contribution in [3.63, 3.8) is 0 Å². The van der Waals surface area contributed by atoms with Crippen molar-refractivity contribution in [2.75, 3.05) is 0 Å². The summed E-state index contributed by atoms with van der Waals surface area (Å²) in [5.41, 5.74) is 0. The van der Waals surface area contributed by atoms with Crippen LogP contribution in [0.2, 0.25) is 0 Å². The van der Waals surface area contributed by atoms with Crippen molar-refractivity contribution in [1.82, 2.24) is 10.6 Å². The molecule has 3 heteroatoms. The summed E-state index contributed by atoms with van der Waals surface area (Å²) in [6.07, 6.45) is 11.8. The monoisotopic (exact) mass is 256 g/mol. The van der Waals surface area contributed by atoms with E-state index >= 15 is 0 Å². The summed E-state index contributed by atoms with van der Waals surface area (Å²) in [4.78, 5) is 0. The quantitative estimate of drug-likeness (QED) is 0.536. The molecule has 1 aliphatic carbocycles. The summed E-state index contributed by atoms with van der Waals surface area (Å²) in [5.74, 6) is 0. The summed E-state index contributed by atoms with van der Waals surface area (Å²) in [5, 5.41) is 7.70. The molecule has 1 rings (SSSR count). The van der Waals surface area contributed by atoms with Gasteiger partial charge in [0.05, 0.1) is 0 Å². The minimum atomic E-state index is 0.508. The largest absolute Gasteiger partial charge is 0.360 e. The fourth-order valence-electron chi connectivity index (χ4n) is 2.47. The minimum Gasteiger partial charge on any atom is -0.360 e. The van der Waals surface area contributed by atoms with Gasteiger partial charge in [-0.15, -0.1) is 0 Å². The first kappa shape index (κ1) is 14.7. The maximum atomic E-state index is 5.35. The highest BCUT2D eigenvalue weighted by Crippen LogP contribution is 2.17. The second-order valence-electron chi connectivity index (χ2n) is 5.35. The zero-order valence-corrected chi connectivity index (χ0v) is 12.2. The van der Waals surface area contributed by atoms with E-state index in [1.807, 2.05) is 0 Å². The van der Waals surface area contributed by atoms with E-state index < -0.39 is 0 Å². The van der Waals surface area contributed by atoms with Crippen LogP contribution in [0.1, 0.15) is 71.6 Å². The van der Waals surface area contributed by atoms with Crippen LogP contribution >= 0.6 is 12.2 Å². The van der Waals surface area contributed by atoms with Gasteiger partial charge in [-0.1, -0.05) is 45.4 Å². The summed E-state index contributed by atoms with van der Waals surface area (Å²) in [6, 6.07) is 1.13. The SMILES string of the molecule is CCCCCCC(C)NC(=S)NC1CCCC1. The predicted molar refractivity (Wildman–Crippen MR) is 79.3 cm³/mol. The van der Waals surface area contributed by atoms with Gasteiger partial charge < -0.3 is 10.6 Å². The van der Waals surface area contributed by atoms with Crippen molar-refractivity contribution >= 4 is 17.3 Å². The maximum Gasteiger partial charge on any atom is 0.166 e. The minimum absolute atomic E-state index is 0.508. The molecule has 0 aromatic carbocycles. The molecule has 1 unspecified atom stereocenters. The summed E-state index contributed by atoms with van der Waals surface area (Å²) in [6.45, 7) is 4.48. The number of unbranched alkanes of at least 4 members (excludes halogenated alkanes) is 3. The molecule has 0 aromatic heterocycles. The van der Waals surface area contributed by atoms with Gasteiger partial charge in [-0.05, 0) is 38.4 Å². The molecule has 2 nitrogen and oxygen atoms in total. The first-order valence-corrected chi connectivity index (χ1v) is 7.70. The van der Waals surface area contributed by atoms with Gasteiger partial charge in [0.15, 0.2) is 5.11 Å². The van der Waals surface area contributed by atoms with E-state index in [1.54, 1.807) is 0 Å². The highest BCUT2D eigenvalue weighted by Gasteiger charge is 2.15. The molecule has 100 valence electrons. The van der Waals surface area contributed by atoms with Gasteiger partial charge in [0.1, 0.15) is 0 Å². The fourth-order valence-corrected chi connectivity index (χ4v) is 2.84. The molecule has 0 radical (unpaired) electrons. The molecule has 1 fully saturated rings. The maximum absolute atomic E-state index is 5.35. The van der Waals surface area contributed by atoms with E-state index in [0.29, 0.717) is 12.1 Å². The lowest BCUT2D eigenvalue weighted by atomic mass is 10.1. The van der Waals surface area contributed by atoms with Gasteiger partial charge in [0.2, 0.25) is 0 Å². The lowest BCUT2D eigenvalue weighted by molar-refractivity contribution is 0.532. The Morgan fingerprint density at radius 1 is 1.24 bits per heavy atom. The summed E-state index contributed by atoms with van der Waals surface area (Å²) < 4.78 is 0. The number of thiocarbonyl (C=S) groups is 1. The van der Waals surface area contributed by atoms with E-state index in [4.69, 9.17) is 12.2 Å². The lowest BCUT2D eigenvalue weighted by Crippen LogP contribution is -2.44. The van der Waals surface area contributed by atoms with Crippen LogP contribution in [0.5, 0.6) is 0 Å². The Hall–Kier alpha value is -0.310. The molecule has 0 aromatic rings. The molecule has 1 saturated carbocycles. The second kappa shape index (κ2) is 8.73. The first-order valence-electron chi connectivity index (χ1n) is 7.29. The number of hydrogen-bond donors (Lipinski definition) is 2. The van der Waals surface area contributed by atoms with E-state index in [1.165, 1.54) is 57.8 Å². The van der Waals surface area contributed by atoms with Crippen LogP contribution in [0.4, 0.5) is 0 Å². The van der Waals surface area contributed by atoms with Gasteiger partial charge >= 0.3 is 0 Å². The smallest absolute Gasteiger partial charge is 0.166 e. The van der Waals surface area contributed by atoms with Crippen LogP contribution in [0.3, 0.4) is 0 Å². The number of hydrogen-bond acceptors (Lipinski definition) is 1. The third-order valence-corrected chi connectivity index (χ3v) is 3.79. The highest BCUT2D eigenvalue weighted by molar-refractivity contribution is 7.80. The van der Waals surface area contributed by atoms with Crippen LogP contribution < -0.4 is 10.6 Å². The Morgan fingerprint density at radius 3 is 2.59 bits per heavy atom. The standard InChI is InChI=1S/C14H28N2S/c1-3-4-5-6-9-12(2)15-14(17)16-13-10-7-8-11-13/h12-13H,3-11H2,1-2H3,(H2,15,16,17). The van der Waals surface area contributed by atoms with Crippen LogP contribution in [-0.2, 0) is 0 Å². The summed E-state index contributed by atoms with van der Waals surface area (Å²) >= 11 is 5.35. The first-order chi connectivity index (χ1) is 8.22. The Morgan fingerprint density at radius 2 is 1.94 bits per heavy atom. The van der Waals surface area contributed by atoms with Gasteiger partial charge in [0.25, 0.3) is 0 Å². The van der Waals surface area contributed by atoms with E-state index in [0.717, 1.165) is 5.11 Å². The van der Waals surface area contributed by atoms with Crippen molar-refractivity contribution in [2.24, 2.45) is 0 Å². The van der Waals surface area contributed by atoms with Crippen LogP contribution in [-0.4, -0.2) is 17.2 Å². The van der Waals surface area contributed by atoms with Crippen LogP contribution in [0.25, 0.3) is 0 Å². The van der Waals surface area contributed by atoms with Crippen LogP contribution in [0, 0.1) is 0 Å². The molecule has 17 heavy (non-hydrogen) atoms. The Kier molecular flexibility index (Phi) is 7.58. The molecule has 0 aliphatic heterocycles. The molecule has 0 bridgehead atoms. The normalized spacial score (nSPS) is 18.0. The molecule has 0 amide bonds. The van der Waals surface area contributed by atoms with Gasteiger partial charge in [0, 0.05) is 12.1 Å². The molecule has 0 heterocycles. The molecule has 0 spiro atoms. The lowest BCUT2D eigenvalue weighted by Gasteiger charge is -2.20. The van der Waals surface area contributed by atoms with Gasteiger partial charge in [-0.2, -0.15) is 0 Å². The summed E-state index contributed by atoms with van der Waals surface area (Å²) in [7, 11) is 0. The molecule has 2 N–H and O–H groups in total. The fraction of sp³-hybridized carbons (Fsp3) is 0.929. The average molecular weight is 256 g/mol. The van der Waals surface area contributed by atoms with Crippen molar-refractivity contribution < 1.29 is 0 Å². The van der Waals surface area contributed by atoms with Crippen molar-refractivity contribution in [3.8, 4) is 0 Å². The zero-order chi connectivity index (χ0) is 12.5. The third kappa shape index (κ3) is 6.87. The van der Waals surface area contributed by atoms with Gasteiger partial charge in [-0.25, -0.2) is 0 Å². The predicted octanol–water partition coefficient (Wildman–Crippen LogP) is 3.75. The Labute approximate surface area is 112 Å². The molecular weight excluding hydrogens is 228 g/mol. The highest BCUT2D eigenvalue weighted by atomic mass is 32.1. The zero-order valence-electron chi connectivity index (χ0n) is 11.4. The molecule has 0 saturated heterocycles. The topological polar surface area (TPSA) is 24.1 Å². The van der Waals surface area contributed by atoms with Gasteiger partial charge in [-0.3, -0.25) is 0 Å². The average Bonchev–Trinajstić information content (AvgIpc) is 2.77. The van der Waals surface area contributed by atoms with E-state index in [9.17, 15) is 0 Å². The van der Waals surface area contributed by atoms with Crippen molar-refractivity contribution in [2.45, 2.75) is 83.7 Å².